The molecular formula is C17H14ClF3N4OS. The number of likely N-dealkylation sites (tertiary alicyclic amines) is 1. The Morgan fingerprint density at radius 2 is 2.19 bits per heavy atom. The SMILES string of the molecule is O=C(c1cnc2c(Cl)cccn12)N1CCCC(c2nc(C(F)(F)F)cs2)C1. The van der Waals surface area contributed by atoms with Crippen LogP contribution in [-0.4, -0.2) is 38.3 Å². The van der Waals surface area contributed by atoms with E-state index in [1.165, 1.54) is 6.20 Å². The van der Waals surface area contributed by atoms with Crippen molar-refractivity contribution in [2.24, 2.45) is 0 Å². The molecule has 1 aliphatic heterocycles. The molecule has 142 valence electrons. The Balaban J connectivity index is 1.56. The molecule has 1 unspecified atom stereocenters. The summed E-state index contributed by atoms with van der Waals surface area (Å²) in [7, 11) is 0. The molecule has 1 aliphatic rings. The largest absolute Gasteiger partial charge is 0.434 e. The molecule has 1 saturated heterocycles. The Morgan fingerprint density at radius 1 is 1.37 bits per heavy atom. The van der Waals surface area contributed by atoms with Gasteiger partial charge in [-0.1, -0.05) is 11.6 Å². The maximum Gasteiger partial charge on any atom is 0.434 e. The first-order valence-corrected chi connectivity index (χ1v) is 9.54. The van der Waals surface area contributed by atoms with Crippen molar-refractivity contribution in [3.05, 3.63) is 51.3 Å². The molecule has 4 heterocycles. The molecule has 3 aromatic heterocycles. The monoisotopic (exact) mass is 414 g/mol. The number of halogens is 4. The third kappa shape index (κ3) is 3.41. The lowest BCUT2D eigenvalue weighted by Gasteiger charge is -2.31. The van der Waals surface area contributed by atoms with Gasteiger partial charge >= 0.3 is 6.18 Å². The van der Waals surface area contributed by atoms with Crippen molar-refractivity contribution in [1.29, 1.82) is 0 Å². The zero-order valence-electron chi connectivity index (χ0n) is 13.9. The van der Waals surface area contributed by atoms with Crippen LogP contribution in [0.2, 0.25) is 5.02 Å². The van der Waals surface area contributed by atoms with Gasteiger partial charge in [0, 0.05) is 30.6 Å². The maximum atomic E-state index is 13.0. The smallest absolute Gasteiger partial charge is 0.337 e. The number of hydrogen-bond acceptors (Lipinski definition) is 4. The van der Waals surface area contributed by atoms with E-state index in [9.17, 15) is 18.0 Å². The van der Waals surface area contributed by atoms with E-state index in [1.807, 2.05) is 0 Å². The summed E-state index contributed by atoms with van der Waals surface area (Å²) in [6, 6.07) is 3.41. The lowest BCUT2D eigenvalue weighted by molar-refractivity contribution is -0.140. The third-order valence-electron chi connectivity index (χ3n) is 4.58. The summed E-state index contributed by atoms with van der Waals surface area (Å²) >= 11 is 7.09. The van der Waals surface area contributed by atoms with E-state index in [1.54, 1.807) is 27.6 Å². The van der Waals surface area contributed by atoms with Crippen molar-refractivity contribution in [1.82, 2.24) is 19.3 Å². The molecule has 27 heavy (non-hydrogen) atoms. The molecule has 1 fully saturated rings. The van der Waals surface area contributed by atoms with Gasteiger partial charge in [-0.25, -0.2) is 9.97 Å². The summed E-state index contributed by atoms with van der Waals surface area (Å²) in [4.78, 5) is 22.5. The molecule has 1 atom stereocenters. The van der Waals surface area contributed by atoms with Crippen LogP contribution in [0.5, 0.6) is 0 Å². The number of carbonyl (C=O) groups excluding carboxylic acids is 1. The predicted molar refractivity (Wildman–Crippen MR) is 95.2 cm³/mol. The zero-order valence-corrected chi connectivity index (χ0v) is 15.5. The summed E-state index contributed by atoms with van der Waals surface area (Å²) < 4.78 is 40.0. The van der Waals surface area contributed by atoms with Gasteiger partial charge in [0.2, 0.25) is 0 Å². The molecular weight excluding hydrogens is 401 g/mol. The average Bonchev–Trinajstić information content (AvgIpc) is 3.29. The van der Waals surface area contributed by atoms with Crippen molar-refractivity contribution in [2.75, 3.05) is 13.1 Å². The van der Waals surface area contributed by atoms with Gasteiger partial charge in [0.1, 0.15) is 5.69 Å². The average molecular weight is 415 g/mol. The van der Waals surface area contributed by atoms with Crippen LogP contribution >= 0.6 is 22.9 Å². The minimum absolute atomic E-state index is 0.202. The second-order valence-electron chi connectivity index (χ2n) is 6.35. The first-order chi connectivity index (χ1) is 12.8. The molecule has 0 spiro atoms. The number of imidazole rings is 1. The predicted octanol–water partition coefficient (Wildman–Crippen LogP) is 4.48. The fraction of sp³-hybridized carbons (Fsp3) is 0.353. The van der Waals surface area contributed by atoms with Crippen molar-refractivity contribution < 1.29 is 18.0 Å². The fourth-order valence-corrected chi connectivity index (χ4v) is 4.43. The van der Waals surface area contributed by atoms with E-state index in [4.69, 9.17) is 11.6 Å². The third-order valence-corrected chi connectivity index (χ3v) is 5.88. The number of rotatable bonds is 2. The van der Waals surface area contributed by atoms with Crippen molar-refractivity contribution in [3.63, 3.8) is 0 Å². The van der Waals surface area contributed by atoms with Gasteiger partial charge in [0.25, 0.3) is 5.91 Å². The van der Waals surface area contributed by atoms with Crippen LogP contribution in [0.1, 0.15) is 39.9 Å². The van der Waals surface area contributed by atoms with Crippen LogP contribution in [0.4, 0.5) is 13.2 Å². The molecule has 5 nitrogen and oxygen atoms in total. The van der Waals surface area contributed by atoms with Gasteiger partial charge in [-0.15, -0.1) is 11.3 Å². The molecule has 0 N–H and O–H groups in total. The van der Waals surface area contributed by atoms with Gasteiger partial charge in [0.15, 0.2) is 11.3 Å². The number of pyridine rings is 1. The zero-order chi connectivity index (χ0) is 19.2. The molecule has 0 aliphatic carbocycles. The highest BCUT2D eigenvalue weighted by molar-refractivity contribution is 7.09. The summed E-state index contributed by atoms with van der Waals surface area (Å²) in [6.45, 7) is 0.873. The Kier molecular flexibility index (Phi) is 4.59. The van der Waals surface area contributed by atoms with Crippen LogP contribution in [0.25, 0.3) is 5.65 Å². The lowest BCUT2D eigenvalue weighted by atomic mass is 9.98. The highest BCUT2D eigenvalue weighted by Gasteiger charge is 2.35. The van der Waals surface area contributed by atoms with Crippen molar-refractivity contribution in [3.8, 4) is 0 Å². The maximum absolute atomic E-state index is 13.0. The van der Waals surface area contributed by atoms with Crippen LogP contribution in [0.15, 0.2) is 29.9 Å². The Bertz CT molecular complexity index is 1000. The van der Waals surface area contributed by atoms with Gasteiger partial charge in [-0.2, -0.15) is 13.2 Å². The summed E-state index contributed by atoms with van der Waals surface area (Å²) in [5.41, 5.74) is -0.00327. The van der Waals surface area contributed by atoms with Gasteiger partial charge < -0.3 is 4.90 Å². The molecule has 0 aromatic carbocycles. The molecule has 10 heteroatoms. The first kappa shape index (κ1) is 18.2. The number of amides is 1. The van der Waals surface area contributed by atoms with E-state index in [2.05, 4.69) is 9.97 Å². The number of hydrogen-bond donors (Lipinski definition) is 0. The number of carbonyl (C=O) groups is 1. The Labute approximate surface area is 161 Å². The van der Waals surface area contributed by atoms with Crippen LogP contribution in [0, 0.1) is 0 Å². The molecule has 1 amide bonds. The highest BCUT2D eigenvalue weighted by Crippen LogP contribution is 2.35. The Hall–Kier alpha value is -2.13. The standard InChI is InChI=1S/C17H14ClF3N4OS/c18-11-4-2-6-25-12(7-22-14(11)25)16(26)24-5-1-3-10(8-24)15-23-13(9-27-15)17(19,20)21/h2,4,6-7,9-10H,1,3,5,8H2. The summed E-state index contributed by atoms with van der Waals surface area (Å²) in [5.74, 6) is -0.423. The summed E-state index contributed by atoms with van der Waals surface area (Å²) in [5, 5.41) is 1.89. The first-order valence-electron chi connectivity index (χ1n) is 8.28. The molecule has 0 radical (unpaired) electrons. The minimum atomic E-state index is -4.45. The fourth-order valence-electron chi connectivity index (χ4n) is 3.27. The summed E-state index contributed by atoms with van der Waals surface area (Å²) in [6.07, 6.45) is 0.134. The molecule has 0 bridgehead atoms. The van der Waals surface area contributed by atoms with Gasteiger partial charge in [-0.05, 0) is 25.0 Å². The van der Waals surface area contributed by atoms with Crippen LogP contribution in [0.3, 0.4) is 0 Å². The van der Waals surface area contributed by atoms with Crippen molar-refractivity contribution in [2.45, 2.75) is 24.9 Å². The molecule has 4 rings (SSSR count). The minimum Gasteiger partial charge on any atom is -0.337 e. The number of nitrogens with zero attached hydrogens (tertiary/aromatic N) is 4. The second-order valence-corrected chi connectivity index (χ2v) is 7.65. The van der Waals surface area contributed by atoms with Crippen molar-refractivity contribution >= 4 is 34.5 Å². The number of aromatic nitrogens is 3. The second kappa shape index (κ2) is 6.79. The Morgan fingerprint density at radius 3 is 2.93 bits per heavy atom. The van der Waals surface area contributed by atoms with E-state index in [0.717, 1.165) is 16.7 Å². The normalized spacial score (nSPS) is 18.2. The molecule has 0 saturated carbocycles. The number of thiazole rings is 1. The van der Waals surface area contributed by atoms with Crippen LogP contribution in [-0.2, 0) is 6.18 Å². The lowest BCUT2D eigenvalue weighted by Crippen LogP contribution is -2.39. The van der Waals surface area contributed by atoms with Crippen LogP contribution < -0.4 is 0 Å². The highest BCUT2D eigenvalue weighted by atomic mass is 35.5. The van der Waals surface area contributed by atoms with E-state index in [0.29, 0.717) is 47.3 Å². The van der Waals surface area contributed by atoms with Gasteiger partial charge in [-0.3, -0.25) is 9.20 Å². The molecule has 3 aromatic rings. The van der Waals surface area contributed by atoms with E-state index < -0.39 is 11.9 Å². The number of alkyl halides is 3. The quantitative estimate of drug-likeness (QED) is 0.621. The van der Waals surface area contributed by atoms with Gasteiger partial charge in [0.05, 0.1) is 16.2 Å². The topological polar surface area (TPSA) is 50.5 Å². The number of fused-ring (bicyclic) bond motifs is 1. The van der Waals surface area contributed by atoms with E-state index >= 15 is 0 Å². The van der Waals surface area contributed by atoms with E-state index in [-0.39, 0.29) is 11.8 Å². The number of piperidine rings is 1.